The predicted molar refractivity (Wildman–Crippen MR) is 82.3 cm³/mol. The van der Waals surface area contributed by atoms with Crippen LogP contribution in [0.4, 0.5) is 5.69 Å². The van der Waals surface area contributed by atoms with Crippen molar-refractivity contribution in [2.45, 2.75) is 6.42 Å². The van der Waals surface area contributed by atoms with E-state index < -0.39 is 0 Å². The number of nitrogens with one attached hydrogen (secondary N) is 1. The lowest BCUT2D eigenvalue weighted by Crippen LogP contribution is -2.11. The normalized spacial score (nSPS) is 9.70. The van der Waals surface area contributed by atoms with Crippen molar-refractivity contribution in [3.8, 4) is 11.8 Å². The minimum Gasteiger partial charge on any atom is -0.395 e. The molecule has 1 aromatic heterocycles. The number of amides is 1. The summed E-state index contributed by atoms with van der Waals surface area (Å²) >= 11 is 7.20. The van der Waals surface area contributed by atoms with Gasteiger partial charge in [-0.2, -0.15) is 0 Å². The molecule has 0 atom stereocenters. The highest BCUT2D eigenvalue weighted by atomic mass is 35.5. The first-order valence-corrected chi connectivity index (χ1v) is 7.20. The molecule has 1 aromatic carbocycles. The summed E-state index contributed by atoms with van der Waals surface area (Å²) in [5.74, 6) is 5.48. The molecule has 0 radical (unpaired) electrons. The van der Waals surface area contributed by atoms with Gasteiger partial charge in [0.05, 0.1) is 6.61 Å². The van der Waals surface area contributed by atoms with Gasteiger partial charge >= 0.3 is 0 Å². The van der Waals surface area contributed by atoms with Gasteiger partial charge in [-0.25, -0.2) is 0 Å². The van der Waals surface area contributed by atoms with Crippen molar-refractivity contribution in [3.63, 3.8) is 0 Å². The Bertz CT molecular complexity index is 670. The van der Waals surface area contributed by atoms with Crippen LogP contribution in [0.15, 0.2) is 35.7 Å². The van der Waals surface area contributed by atoms with Gasteiger partial charge in [0.2, 0.25) is 0 Å². The van der Waals surface area contributed by atoms with Gasteiger partial charge in [0, 0.05) is 22.7 Å². The summed E-state index contributed by atoms with van der Waals surface area (Å²) in [6, 6.07) is 8.77. The Morgan fingerprint density at radius 1 is 1.40 bits per heavy atom. The topological polar surface area (TPSA) is 49.3 Å². The lowest BCUT2D eigenvalue weighted by Gasteiger charge is -2.04. The van der Waals surface area contributed by atoms with E-state index in [1.54, 1.807) is 30.3 Å². The highest BCUT2D eigenvalue weighted by molar-refractivity contribution is 7.12. The number of rotatable bonds is 3. The molecule has 2 N–H and O–H groups in total. The van der Waals surface area contributed by atoms with Gasteiger partial charge in [-0.3, -0.25) is 4.79 Å². The fraction of sp³-hybridized carbons (Fsp3) is 0.133. The molecule has 20 heavy (non-hydrogen) atoms. The molecule has 0 saturated heterocycles. The summed E-state index contributed by atoms with van der Waals surface area (Å²) in [5.41, 5.74) is 1.31. The first-order chi connectivity index (χ1) is 9.70. The highest BCUT2D eigenvalue weighted by Crippen LogP contribution is 2.20. The Balaban J connectivity index is 2.14. The first-order valence-electron chi connectivity index (χ1n) is 5.95. The maximum Gasteiger partial charge on any atom is 0.267 e. The molecule has 1 amide bonds. The predicted octanol–water partition coefficient (Wildman–Crippen LogP) is 3.39. The van der Waals surface area contributed by atoms with Crippen molar-refractivity contribution in [3.05, 3.63) is 51.2 Å². The zero-order valence-corrected chi connectivity index (χ0v) is 12.1. The van der Waals surface area contributed by atoms with E-state index in [2.05, 4.69) is 17.2 Å². The standard InChI is InChI=1S/C15H12ClNO2S/c16-12-5-3-6-13(10-12)17-15(19)14-11(7-9-20-14)4-1-2-8-18/h3,5-7,9-10,18H,2,8H2,(H,17,19). The van der Waals surface area contributed by atoms with Gasteiger partial charge in [0.25, 0.3) is 5.91 Å². The average Bonchev–Trinajstić information content (AvgIpc) is 2.87. The smallest absolute Gasteiger partial charge is 0.267 e. The fourth-order valence-corrected chi connectivity index (χ4v) is 2.49. The molecule has 5 heteroatoms. The number of anilines is 1. The van der Waals surface area contributed by atoms with Crippen molar-refractivity contribution in [2.75, 3.05) is 11.9 Å². The van der Waals surface area contributed by atoms with E-state index in [1.165, 1.54) is 11.3 Å². The van der Waals surface area contributed by atoms with Crippen LogP contribution >= 0.6 is 22.9 Å². The third-order valence-electron chi connectivity index (χ3n) is 2.41. The van der Waals surface area contributed by atoms with E-state index in [4.69, 9.17) is 16.7 Å². The number of aliphatic hydroxyl groups excluding tert-OH is 1. The molecule has 2 aromatic rings. The number of hydrogen-bond donors (Lipinski definition) is 2. The van der Waals surface area contributed by atoms with E-state index in [0.29, 0.717) is 27.6 Å². The summed E-state index contributed by atoms with van der Waals surface area (Å²) in [7, 11) is 0. The van der Waals surface area contributed by atoms with Gasteiger partial charge in [-0.15, -0.1) is 11.3 Å². The second kappa shape index (κ2) is 7.11. The molecule has 1 heterocycles. The molecule has 0 aliphatic carbocycles. The second-order valence-electron chi connectivity index (χ2n) is 3.90. The largest absolute Gasteiger partial charge is 0.395 e. The maximum atomic E-state index is 12.2. The van der Waals surface area contributed by atoms with Crippen LogP contribution in [-0.4, -0.2) is 17.6 Å². The minimum atomic E-state index is -0.212. The van der Waals surface area contributed by atoms with Crippen LogP contribution in [0.5, 0.6) is 0 Å². The van der Waals surface area contributed by atoms with Gasteiger partial charge in [0.1, 0.15) is 4.88 Å². The minimum absolute atomic E-state index is 0.0151. The molecule has 0 aliphatic heterocycles. The summed E-state index contributed by atoms with van der Waals surface area (Å²) in [5, 5.41) is 13.9. The van der Waals surface area contributed by atoms with Gasteiger partial charge in [-0.1, -0.05) is 29.5 Å². The Morgan fingerprint density at radius 2 is 2.25 bits per heavy atom. The SMILES string of the molecule is O=C(Nc1cccc(Cl)c1)c1sccc1C#CCCO. The van der Waals surface area contributed by atoms with Crippen LogP contribution in [0, 0.1) is 11.8 Å². The van der Waals surface area contributed by atoms with Crippen LogP contribution in [0.2, 0.25) is 5.02 Å². The molecule has 102 valence electrons. The van der Waals surface area contributed by atoms with Crippen LogP contribution < -0.4 is 5.32 Å². The van der Waals surface area contributed by atoms with E-state index in [0.717, 1.165) is 0 Å². The lowest BCUT2D eigenvalue weighted by molar-refractivity contribution is 0.103. The van der Waals surface area contributed by atoms with Crippen LogP contribution in [0.3, 0.4) is 0 Å². The summed E-state index contributed by atoms with van der Waals surface area (Å²) in [6.07, 6.45) is 0.394. The first kappa shape index (κ1) is 14.6. The fourth-order valence-electron chi connectivity index (χ4n) is 1.55. The second-order valence-corrected chi connectivity index (χ2v) is 5.26. The molecule has 0 unspecified atom stereocenters. The summed E-state index contributed by atoms with van der Waals surface area (Å²) in [6.45, 7) is 0.0151. The number of benzene rings is 1. The molecule has 0 spiro atoms. The number of carbonyl (C=O) groups excluding carboxylic acids is 1. The summed E-state index contributed by atoms with van der Waals surface area (Å²) < 4.78 is 0. The Hall–Kier alpha value is -1.80. The quantitative estimate of drug-likeness (QED) is 0.854. The highest BCUT2D eigenvalue weighted by Gasteiger charge is 2.12. The van der Waals surface area contributed by atoms with Crippen molar-refractivity contribution >= 4 is 34.5 Å². The molecule has 0 saturated carbocycles. The number of aliphatic hydroxyl groups is 1. The lowest BCUT2D eigenvalue weighted by atomic mass is 10.2. The molecule has 0 fully saturated rings. The van der Waals surface area contributed by atoms with Gasteiger partial charge in [0.15, 0.2) is 0 Å². The van der Waals surface area contributed by atoms with Crippen molar-refractivity contribution < 1.29 is 9.90 Å². The van der Waals surface area contributed by atoms with E-state index in [9.17, 15) is 4.79 Å². The zero-order valence-electron chi connectivity index (χ0n) is 10.5. The third-order valence-corrected chi connectivity index (χ3v) is 3.56. The Labute approximate surface area is 126 Å². The summed E-state index contributed by atoms with van der Waals surface area (Å²) in [4.78, 5) is 12.7. The number of hydrogen-bond acceptors (Lipinski definition) is 3. The molecule has 0 aliphatic rings. The van der Waals surface area contributed by atoms with Crippen molar-refractivity contribution in [1.29, 1.82) is 0 Å². The average molecular weight is 306 g/mol. The third kappa shape index (κ3) is 3.84. The van der Waals surface area contributed by atoms with Gasteiger partial charge < -0.3 is 10.4 Å². The van der Waals surface area contributed by atoms with Crippen LogP contribution in [0.1, 0.15) is 21.7 Å². The number of halogens is 1. The monoisotopic (exact) mass is 305 g/mol. The zero-order chi connectivity index (χ0) is 14.4. The van der Waals surface area contributed by atoms with Crippen LogP contribution in [-0.2, 0) is 0 Å². The Kier molecular flexibility index (Phi) is 5.19. The van der Waals surface area contributed by atoms with Gasteiger partial charge in [-0.05, 0) is 29.6 Å². The van der Waals surface area contributed by atoms with E-state index in [-0.39, 0.29) is 12.5 Å². The molecular weight excluding hydrogens is 294 g/mol. The molecule has 3 nitrogen and oxygen atoms in total. The molecule has 2 rings (SSSR count). The van der Waals surface area contributed by atoms with E-state index >= 15 is 0 Å². The van der Waals surface area contributed by atoms with Crippen LogP contribution in [0.25, 0.3) is 0 Å². The number of thiophene rings is 1. The number of carbonyl (C=O) groups is 1. The van der Waals surface area contributed by atoms with E-state index in [1.807, 2.05) is 5.38 Å². The Morgan fingerprint density at radius 3 is 3.00 bits per heavy atom. The van der Waals surface area contributed by atoms with Crippen molar-refractivity contribution in [1.82, 2.24) is 0 Å². The maximum absolute atomic E-state index is 12.2. The molecule has 0 bridgehead atoms. The van der Waals surface area contributed by atoms with Crippen molar-refractivity contribution in [2.24, 2.45) is 0 Å². The molecular formula is C15H12ClNO2S.